The van der Waals surface area contributed by atoms with E-state index in [0.29, 0.717) is 5.39 Å². The number of amidine groups is 1. The third kappa shape index (κ3) is 1.60. The Kier molecular flexibility index (Phi) is 2.38. The highest BCUT2D eigenvalue weighted by Gasteiger charge is 2.28. The quantitative estimate of drug-likeness (QED) is 0.785. The van der Waals surface area contributed by atoms with Gasteiger partial charge in [0.25, 0.3) is 0 Å². The summed E-state index contributed by atoms with van der Waals surface area (Å²) in [5.74, 6) is -0.166. The summed E-state index contributed by atoms with van der Waals surface area (Å²) in [6, 6.07) is 11.0. The van der Waals surface area contributed by atoms with Crippen LogP contribution in [0.2, 0.25) is 0 Å². The van der Waals surface area contributed by atoms with Crippen molar-refractivity contribution in [2.45, 2.75) is 0 Å². The van der Waals surface area contributed by atoms with Crippen molar-refractivity contribution in [3.05, 3.63) is 53.2 Å². The molecule has 0 fully saturated rings. The van der Waals surface area contributed by atoms with Crippen LogP contribution < -0.4 is 0 Å². The molecule has 0 saturated heterocycles. The molecule has 0 aromatic heterocycles. The number of rotatable bonds is 1. The van der Waals surface area contributed by atoms with E-state index in [0.717, 1.165) is 34.9 Å². The van der Waals surface area contributed by atoms with Crippen molar-refractivity contribution < 1.29 is 4.39 Å². The summed E-state index contributed by atoms with van der Waals surface area (Å²) in [7, 11) is 0. The van der Waals surface area contributed by atoms with Crippen molar-refractivity contribution in [1.29, 1.82) is 0 Å². The van der Waals surface area contributed by atoms with Gasteiger partial charge in [-0.1, -0.05) is 36.0 Å². The monoisotopic (exact) mass is 270 g/mol. The van der Waals surface area contributed by atoms with Crippen LogP contribution in [0.4, 0.5) is 4.39 Å². The Bertz CT molecular complexity index is 736. The van der Waals surface area contributed by atoms with Gasteiger partial charge >= 0.3 is 0 Å². The lowest BCUT2D eigenvalue weighted by Gasteiger charge is -2.18. The highest BCUT2D eigenvalue weighted by atomic mass is 32.2. The minimum absolute atomic E-state index is 0.166. The van der Waals surface area contributed by atoms with Crippen molar-refractivity contribution >= 4 is 33.4 Å². The summed E-state index contributed by atoms with van der Waals surface area (Å²) in [6.45, 7) is 1.76. The fraction of sp³-hybridized carbons (Fsp3) is 0.133. The highest BCUT2D eigenvalue weighted by molar-refractivity contribution is 8.16. The van der Waals surface area contributed by atoms with Crippen LogP contribution in [0, 0.1) is 5.82 Å². The number of hydrogen-bond acceptors (Lipinski definition) is 3. The first-order valence-corrected chi connectivity index (χ1v) is 7.09. The molecule has 0 N–H and O–H groups in total. The van der Waals surface area contributed by atoms with Crippen molar-refractivity contribution in [3.63, 3.8) is 0 Å². The lowest BCUT2D eigenvalue weighted by atomic mass is 10.0. The summed E-state index contributed by atoms with van der Waals surface area (Å²) >= 11 is 1.65. The minimum Gasteiger partial charge on any atom is -0.318 e. The summed E-state index contributed by atoms with van der Waals surface area (Å²) in [5, 5.41) is 4.80. The largest absolute Gasteiger partial charge is 0.318 e. The van der Waals surface area contributed by atoms with E-state index in [1.165, 1.54) is 0 Å². The van der Waals surface area contributed by atoms with Gasteiger partial charge < -0.3 is 4.90 Å². The molecule has 4 heteroatoms. The van der Waals surface area contributed by atoms with Crippen LogP contribution in [0.25, 0.3) is 16.5 Å². The van der Waals surface area contributed by atoms with E-state index >= 15 is 0 Å². The molecule has 2 aliphatic rings. The molecule has 4 rings (SSSR count). The zero-order chi connectivity index (χ0) is 12.8. The summed E-state index contributed by atoms with van der Waals surface area (Å²) < 4.78 is 13.9. The maximum absolute atomic E-state index is 13.9. The van der Waals surface area contributed by atoms with Gasteiger partial charge in [0.1, 0.15) is 5.82 Å². The van der Waals surface area contributed by atoms with E-state index in [2.05, 4.69) is 15.3 Å². The first-order valence-electron chi connectivity index (χ1n) is 6.21. The number of nitrogens with zero attached hydrogens (tertiary/aromatic N) is 2. The Hall–Kier alpha value is -1.81. The molecule has 0 aliphatic carbocycles. The summed E-state index contributed by atoms with van der Waals surface area (Å²) in [5.41, 5.74) is 2.22. The fourth-order valence-corrected chi connectivity index (χ4v) is 3.57. The van der Waals surface area contributed by atoms with Gasteiger partial charge in [-0.3, -0.25) is 4.99 Å². The van der Waals surface area contributed by atoms with Gasteiger partial charge in [0.2, 0.25) is 0 Å². The zero-order valence-electron chi connectivity index (χ0n) is 10.1. The molecule has 2 heterocycles. The predicted octanol–water partition coefficient (Wildman–Crippen LogP) is 3.70. The molecule has 2 nitrogen and oxygen atoms in total. The molecule has 19 heavy (non-hydrogen) atoms. The molecule has 2 aliphatic heterocycles. The van der Waals surface area contributed by atoms with Crippen molar-refractivity contribution in [1.82, 2.24) is 4.90 Å². The van der Waals surface area contributed by atoms with Crippen LogP contribution in [0.1, 0.15) is 5.56 Å². The van der Waals surface area contributed by atoms with Gasteiger partial charge in [0.15, 0.2) is 5.17 Å². The average Bonchev–Trinajstić information content (AvgIpc) is 3.03. The van der Waals surface area contributed by atoms with Crippen molar-refractivity contribution in [2.24, 2.45) is 4.99 Å². The van der Waals surface area contributed by atoms with E-state index in [-0.39, 0.29) is 5.82 Å². The van der Waals surface area contributed by atoms with Crippen molar-refractivity contribution in [3.8, 4) is 0 Å². The Morgan fingerprint density at radius 3 is 2.84 bits per heavy atom. The number of thioether (sulfide) groups is 1. The lowest BCUT2D eigenvalue weighted by Crippen LogP contribution is -2.20. The Morgan fingerprint density at radius 2 is 1.95 bits per heavy atom. The van der Waals surface area contributed by atoms with Crippen molar-refractivity contribution in [2.75, 3.05) is 13.1 Å². The molecule has 0 saturated carbocycles. The second kappa shape index (κ2) is 4.10. The predicted molar refractivity (Wildman–Crippen MR) is 78.5 cm³/mol. The Morgan fingerprint density at radius 1 is 1.11 bits per heavy atom. The molecule has 0 spiro atoms. The van der Waals surface area contributed by atoms with Crippen LogP contribution in [0.15, 0.2) is 46.8 Å². The Labute approximate surface area is 114 Å². The molecule has 2 aromatic rings. The molecule has 0 atom stereocenters. The first kappa shape index (κ1) is 11.1. The van der Waals surface area contributed by atoms with Gasteiger partial charge in [-0.15, -0.1) is 0 Å². The van der Waals surface area contributed by atoms with Crippen LogP contribution in [-0.4, -0.2) is 23.2 Å². The third-order valence-electron chi connectivity index (χ3n) is 3.52. The molecule has 0 bridgehead atoms. The van der Waals surface area contributed by atoms with Gasteiger partial charge in [0.05, 0.1) is 12.2 Å². The second-order valence-corrected chi connectivity index (χ2v) is 5.41. The second-order valence-electron chi connectivity index (χ2n) is 4.58. The van der Waals surface area contributed by atoms with E-state index in [4.69, 9.17) is 0 Å². The van der Waals surface area contributed by atoms with E-state index in [1.54, 1.807) is 17.8 Å². The average molecular weight is 270 g/mol. The zero-order valence-corrected chi connectivity index (χ0v) is 11.0. The number of hydrogen-bond donors (Lipinski definition) is 0. The van der Waals surface area contributed by atoms with E-state index < -0.39 is 0 Å². The number of halogens is 1. The van der Waals surface area contributed by atoms with E-state index in [1.807, 2.05) is 30.3 Å². The van der Waals surface area contributed by atoms with Gasteiger partial charge in [-0.2, -0.15) is 0 Å². The topological polar surface area (TPSA) is 15.6 Å². The van der Waals surface area contributed by atoms with Gasteiger partial charge in [-0.25, -0.2) is 4.39 Å². The normalized spacial score (nSPS) is 17.6. The molecular formula is C15H11FN2S. The third-order valence-corrected chi connectivity index (χ3v) is 4.42. The molecular weight excluding hydrogens is 259 g/mol. The molecule has 2 aromatic carbocycles. The maximum atomic E-state index is 13.9. The Balaban J connectivity index is 1.93. The number of benzene rings is 2. The minimum atomic E-state index is -0.166. The van der Waals surface area contributed by atoms with Crippen LogP contribution >= 0.6 is 11.8 Å². The van der Waals surface area contributed by atoms with Gasteiger partial charge in [-0.05, 0) is 17.5 Å². The molecule has 94 valence electrons. The number of aliphatic imine (C=N–C) groups is 1. The fourth-order valence-electron chi connectivity index (χ4n) is 2.62. The first-order chi connectivity index (χ1) is 9.34. The SMILES string of the molecule is Fc1ccc(C2=CSC3=NCCN23)c2ccccc12. The standard InChI is InChI=1S/C15H11FN2S/c16-13-6-5-12(10-3-1-2-4-11(10)13)14-9-19-15-17-7-8-18(14)15/h1-6,9H,7-8H2. The molecule has 0 amide bonds. The molecule has 0 unspecified atom stereocenters. The lowest BCUT2D eigenvalue weighted by molar-refractivity contribution is 0.637. The van der Waals surface area contributed by atoms with E-state index in [9.17, 15) is 4.39 Å². The van der Waals surface area contributed by atoms with Crippen LogP contribution in [-0.2, 0) is 0 Å². The summed E-state index contributed by atoms with van der Waals surface area (Å²) in [6.07, 6.45) is 0. The maximum Gasteiger partial charge on any atom is 0.168 e. The smallest absolute Gasteiger partial charge is 0.168 e. The number of fused-ring (bicyclic) bond motifs is 2. The highest BCUT2D eigenvalue weighted by Crippen LogP contribution is 2.38. The molecule has 0 radical (unpaired) electrons. The van der Waals surface area contributed by atoms with Crippen LogP contribution in [0.5, 0.6) is 0 Å². The summed E-state index contributed by atoms with van der Waals surface area (Å²) in [4.78, 5) is 6.66. The van der Waals surface area contributed by atoms with Crippen LogP contribution in [0.3, 0.4) is 0 Å². The van der Waals surface area contributed by atoms with Gasteiger partial charge in [0, 0.05) is 22.9 Å².